The minimum absolute atomic E-state index is 0.107. The summed E-state index contributed by atoms with van der Waals surface area (Å²) in [7, 11) is 0. The van der Waals surface area contributed by atoms with E-state index in [4.69, 9.17) is 0 Å². The van der Waals surface area contributed by atoms with E-state index in [0.717, 1.165) is 26.2 Å². The molecule has 1 fully saturated rings. The third kappa shape index (κ3) is 2.84. The van der Waals surface area contributed by atoms with Gasteiger partial charge in [-0.1, -0.05) is 31.5 Å². The predicted octanol–water partition coefficient (Wildman–Crippen LogP) is 2.30. The van der Waals surface area contributed by atoms with Crippen LogP contribution < -0.4 is 4.90 Å². The lowest BCUT2D eigenvalue weighted by Crippen LogP contribution is -2.49. The normalized spacial score (nSPS) is 16.2. The Morgan fingerprint density at radius 3 is 2.11 bits per heavy atom. The Hall–Kier alpha value is -1.51. The average Bonchev–Trinajstić information content (AvgIpc) is 2.39. The van der Waals surface area contributed by atoms with Crippen molar-refractivity contribution in [3.05, 3.63) is 29.8 Å². The molecule has 1 aromatic carbocycles. The number of hydrogen-bond donors (Lipinski definition) is 0. The van der Waals surface area contributed by atoms with Gasteiger partial charge in [0.2, 0.25) is 5.91 Å². The van der Waals surface area contributed by atoms with Gasteiger partial charge in [-0.3, -0.25) is 4.79 Å². The van der Waals surface area contributed by atoms with Gasteiger partial charge in [0, 0.05) is 37.8 Å². The van der Waals surface area contributed by atoms with E-state index in [-0.39, 0.29) is 11.8 Å². The molecule has 0 aromatic heterocycles. The zero-order valence-electron chi connectivity index (χ0n) is 11.5. The molecule has 1 aliphatic heterocycles. The summed E-state index contributed by atoms with van der Waals surface area (Å²) in [6.07, 6.45) is 0. The molecule has 0 saturated carbocycles. The first-order chi connectivity index (χ1) is 8.58. The van der Waals surface area contributed by atoms with Crippen LogP contribution >= 0.6 is 0 Å². The lowest BCUT2D eigenvalue weighted by molar-refractivity contribution is -0.134. The molecular formula is C15H22N2O. The quantitative estimate of drug-likeness (QED) is 0.799. The number of nitrogens with zero attached hydrogens (tertiary/aromatic N) is 2. The van der Waals surface area contributed by atoms with Gasteiger partial charge in [0.25, 0.3) is 0 Å². The van der Waals surface area contributed by atoms with Crippen LogP contribution in [0.4, 0.5) is 5.69 Å². The molecule has 1 amide bonds. The van der Waals surface area contributed by atoms with Crippen molar-refractivity contribution in [3.8, 4) is 0 Å². The molecule has 0 N–H and O–H groups in total. The number of carbonyl (C=O) groups is 1. The molecule has 3 heteroatoms. The molecule has 0 unspecified atom stereocenters. The van der Waals surface area contributed by atoms with E-state index in [2.05, 4.69) is 36.1 Å². The van der Waals surface area contributed by atoms with Crippen LogP contribution in [0.3, 0.4) is 0 Å². The largest absolute Gasteiger partial charge is 0.368 e. The molecular weight excluding hydrogens is 224 g/mol. The number of piperazine rings is 1. The highest BCUT2D eigenvalue weighted by atomic mass is 16.2. The summed E-state index contributed by atoms with van der Waals surface area (Å²) in [5.41, 5.74) is 2.55. The Bertz CT molecular complexity index is 403. The number of anilines is 1. The number of benzene rings is 1. The van der Waals surface area contributed by atoms with E-state index >= 15 is 0 Å². The van der Waals surface area contributed by atoms with E-state index in [1.54, 1.807) is 0 Å². The topological polar surface area (TPSA) is 23.6 Å². The highest BCUT2D eigenvalue weighted by molar-refractivity contribution is 5.78. The second-order valence-electron chi connectivity index (χ2n) is 5.30. The first-order valence-electron chi connectivity index (χ1n) is 6.68. The number of rotatable bonds is 2. The van der Waals surface area contributed by atoms with Crippen LogP contribution in [0.2, 0.25) is 0 Å². The maximum atomic E-state index is 11.9. The van der Waals surface area contributed by atoms with Crippen molar-refractivity contribution >= 4 is 11.6 Å². The van der Waals surface area contributed by atoms with Gasteiger partial charge in [-0.2, -0.15) is 0 Å². The molecule has 0 spiro atoms. The molecule has 1 heterocycles. The smallest absolute Gasteiger partial charge is 0.225 e. The molecule has 98 valence electrons. The van der Waals surface area contributed by atoms with E-state index in [0.29, 0.717) is 0 Å². The van der Waals surface area contributed by atoms with Crippen molar-refractivity contribution in [1.29, 1.82) is 0 Å². The van der Waals surface area contributed by atoms with Crippen LogP contribution in [-0.2, 0) is 4.79 Å². The first kappa shape index (κ1) is 12.9. The van der Waals surface area contributed by atoms with E-state index in [9.17, 15) is 4.79 Å². The fourth-order valence-corrected chi connectivity index (χ4v) is 2.31. The van der Waals surface area contributed by atoms with Crippen LogP contribution in [0.15, 0.2) is 24.3 Å². The number of hydrogen-bond acceptors (Lipinski definition) is 2. The summed E-state index contributed by atoms with van der Waals surface area (Å²) in [5.74, 6) is 0.384. The van der Waals surface area contributed by atoms with Gasteiger partial charge in [0.05, 0.1) is 0 Å². The van der Waals surface area contributed by atoms with Gasteiger partial charge in [-0.15, -0.1) is 0 Å². The zero-order valence-corrected chi connectivity index (χ0v) is 11.5. The SMILES string of the molecule is Cc1ccc(N2CCN(C(=O)C(C)C)CC2)cc1. The van der Waals surface area contributed by atoms with Gasteiger partial charge in [-0.05, 0) is 19.1 Å². The molecule has 0 radical (unpaired) electrons. The van der Waals surface area contributed by atoms with Gasteiger partial charge < -0.3 is 9.80 Å². The van der Waals surface area contributed by atoms with Crippen molar-refractivity contribution in [2.24, 2.45) is 5.92 Å². The number of aryl methyl sites for hydroxylation is 1. The Balaban J connectivity index is 1.94. The van der Waals surface area contributed by atoms with Crippen LogP contribution in [-0.4, -0.2) is 37.0 Å². The number of amides is 1. The second-order valence-corrected chi connectivity index (χ2v) is 5.30. The van der Waals surface area contributed by atoms with Crippen molar-refractivity contribution in [1.82, 2.24) is 4.90 Å². The summed E-state index contributed by atoms with van der Waals surface area (Å²) < 4.78 is 0. The Labute approximate surface area is 109 Å². The summed E-state index contributed by atoms with van der Waals surface area (Å²) in [5, 5.41) is 0. The molecule has 0 bridgehead atoms. The third-order valence-corrected chi connectivity index (χ3v) is 3.48. The van der Waals surface area contributed by atoms with Crippen LogP contribution in [0.5, 0.6) is 0 Å². The van der Waals surface area contributed by atoms with Crippen LogP contribution in [0.25, 0.3) is 0 Å². The van der Waals surface area contributed by atoms with Crippen LogP contribution in [0.1, 0.15) is 19.4 Å². The van der Waals surface area contributed by atoms with E-state index < -0.39 is 0 Å². The minimum Gasteiger partial charge on any atom is -0.368 e. The van der Waals surface area contributed by atoms with Gasteiger partial charge in [0.15, 0.2) is 0 Å². The molecule has 18 heavy (non-hydrogen) atoms. The van der Waals surface area contributed by atoms with Gasteiger partial charge in [0.1, 0.15) is 0 Å². The van der Waals surface area contributed by atoms with Gasteiger partial charge >= 0.3 is 0 Å². The summed E-state index contributed by atoms with van der Waals surface area (Å²) in [6, 6.07) is 8.60. The minimum atomic E-state index is 0.107. The molecule has 1 saturated heterocycles. The summed E-state index contributed by atoms with van der Waals surface area (Å²) in [4.78, 5) is 16.2. The third-order valence-electron chi connectivity index (χ3n) is 3.48. The molecule has 1 aliphatic rings. The molecule has 1 aromatic rings. The van der Waals surface area contributed by atoms with Crippen molar-refractivity contribution < 1.29 is 4.79 Å². The van der Waals surface area contributed by atoms with Crippen molar-refractivity contribution in [3.63, 3.8) is 0 Å². The maximum Gasteiger partial charge on any atom is 0.225 e. The van der Waals surface area contributed by atoms with Crippen LogP contribution in [0, 0.1) is 12.8 Å². The molecule has 0 aliphatic carbocycles. The van der Waals surface area contributed by atoms with E-state index in [1.165, 1.54) is 11.3 Å². The fraction of sp³-hybridized carbons (Fsp3) is 0.533. The van der Waals surface area contributed by atoms with Crippen molar-refractivity contribution in [2.75, 3.05) is 31.1 Å². The highest BCUT2D eigenvalue weighted by Gasteiger charge is 2.22. The lowest BCUT2D eigenvalue weighted by atomic mass is 10.1. The average molecular weight is 246 g/mol. The molecule has 0 atom stereocenters. The van der Waals surface area contributed by atoms with Crippen molar-refractivity contribution in [2.45, 2.75) is 20.8 Å². The summed E-state index contributed by atoms with van der Waals surface area (Å²) in [6.45, 7) is 9.57. The fourth-order valence-electron chi connectivity index (χ4n) is 2.31. The second kappa shape index (κ2) is 5.42. The highest BCUT2D eigenvalue weighted by Crippen LogP contribution is 2.17. The lowest BCUT2D eigenvalue weighted by Gasteiger charge is -2.37. The zero-order chi connectivity index (χ0) is 13.1. The number of carbonyl (C=O) groups excluding carboxylic acids is 1. The monoisotopic (exact) mass is 246 g/mol. The maximum absolute atomic E-state index is 11.9. The Kier molecular flexibility index (Phi) is 3.90. The Morgan fingerprint density at radius 1 is 1.06 bits per heavy atom. The van der Waals surface area contributed by atoms with Gasteiger partial charge in [-0.25, -0.2) is 0 Å². The summed E-state index contributed by atoms with van der Waals surface area (Å²) >= 11 is 0. The standard InChI is InChI=1S/C15H22N2O/c1-12(2)15(18)17-10-8-16(9-11-17)14-6-4-13(3)5-7-14/h4-7,12H,8-11H2,1-3H3. The predicted molar refractivity (Wildman–Crippen MR) is 74.8 cm³/mol. The first-order valence-corrected chi connectivity index (χ1v) is 6.68. The Morgan fingerprint density at radius 2 is 1.61 bits per heavy atom. The molecule has 3 nitrogen and oxygen atoms in total. The van der Waals surface area contributed by atoms with E-state index in [1.807, 2.05) is 18.7 Å². The molecule has 2 rings (SSSR count).